The van der Waals surface area contributed by atoms with Gasteiger partial charge in [0.1, 0.15) is 5.82 Å². The van der Waals surface area contributed by atoms with Crippen LogP contribution in [0.4, 0.5) is 4.39 Å². The number of hydrogen-bond donors (Lipinski definition) is 1. The minimum Gasteiger partial charge on any atom is -0.380 e. The van der Waals surface area contributed by atoms with Crippen molar-refractivity contribution in [3.63, 3.8) is 0 Å². The molecule has 2 rings (SSSR count). The molecule has 0 bridgehead atoms. The van der Waals surface area contributed by atoms with Crippen molar-refractivity contribution in [2.24, 2.45) is 0 Å². The van der Waals surface area contributed by atoms with E-state index < -0.39 is 0 Å². The van der Waals surface area contributed by atoms with Crippen LogP contribution < -0.4 is 5.32 Å². The Bertz CT molecular complexity index is 518. The molecular formula is C15H20FNOS. The van der Waals surface area contributed by atoms with Crippen LogP contribution in [0.3, 0.4) is 0 Å². The number of nitrogens with one attached hydrogen (secondary N) is 1. The first-order chi connectivity index (χ1) is 9.24. The summed E-state index contributed by atoms with van der Waals surface area (Å²) in [7, 11) is 0. The maximum atomic E-state index is 13.2. The van der Waals surface area contributed by atoms with Gasteiger partial charge in [0.25, 0.3) is 0 Å². The monoisotopic (exact) mass is 281 g/mol. The fourth-order valence-corrected chi connectivity index (χ4v) is 3.14. The van der Waals surface area contributed by atoms with Crippen LogP contribution >= 0.6 is 11.3 Å². The van der Waals surface area contributed by atoms with E-state index in [0.717, 1.165) is 23.1 Å². The third-order valence-corrected chi connectivity index (χ3v) is 4.19. The van der Waals surface area contributed by atoms with Crippen molar-refractivity contribution in [1.29, 1.82) is 0 Å². The number of rotatable bonds is 7. The van der Waals surface area contributed by atoms with Crippen LogP contribution in [0.25, 0.3) is 10.1 Å². The second-order valence-electron chi connectivity index (χ2n) is 4.50. The number of benzene rings is 1. The van der Waals surface area contributed by atoms with Gasteiger partial charge in [0.05, 0.1) is 12.6 Å². The normalized spacial score (nSPS) is 13.0. The second-order valence-corrected chi connectivity index (χ2v) is 5.61. The molecule has 0 aliphatic heterocycles. The van der Waals surface area contributed by atoms with Gasteiger partial charge in [-0.3, -0.25) is 0 Å². The highest BCUT2D eigenvalue weighted by molar-refractivity contribution is 7.19. The molecule has 0 amide bonds. The minimum atomic E-state index is -0.177. The molecule has 0 aliphatic carbocycles. The highest BCUT2D eigenvalue weighted by atomic mass is 32.1. The molecule has 104 valence electrons. The van der Waals surface area contributed by atoms with Gasteiger partial charge < -0.3 is 10.1 Å². The van der Waals surface area contributed by atoms with Gasteiger partial charge in [-0.1, -0.05) is 13.0 Å². The molecule has 2 aromatic rings. The Morgan fingerprint density at radius 3 is 2.89 bits per heavy atom. The van der Waals surface area contributed by atoms with Crippen LogP contribution in [0, 0.1) is 5.82 Å². The average Bonchev–Trinajstić information content (AvgIpc) is 2.81. The SMILES string of the molecule is CCCNC(COCC)c1cc2ccc(F)cc2s1. The first-order valence-corrected chi connectivity index (χ1v) is 7.56. The predicted octanol–water partition coefficient (Wildman–Crippen LogP) is 4.12. The molecule has 2 nitrogen and oxygen atoms in total. The molecule has 1 N–H and O–H groups in total. The highest BCUT2D eigenvalue weighted by Gasteiger charge is 2.14. The van der Waals surface area contributed by atoms with E-state index in [4.69, 9.17) is 4.74 Å². The van der Waals surface area contributed by atoms with Crippen LogP contribution in [-0.2, 0) is 4.74 Å². The van der Waals surface area contributed by atoms with Gasteiger partial charge in [0.15, 0.2) is 0 Å². The summed E-state index contributed by atoms with van der Waals surface area (Å²) in [5, 5.41) is 4.59. The van der Waals surface area contributed by atoms with E-state index in [0.29, 0.717) is 13.2 Å². The molecule has 0 aliphatic rings. The first kappa shape index (κ1) is 14.4. The van der Waals surface area contributed by atoms with E-state index in [-0.39, 0.29) is 11.9 Å². The summed E-state index contributed by atoms with van der Waals surface area (Å²) >= 11 is 1.64. The minimum absolute atomic E-state index is 0.177. The number of ether oxygens (including phenoxy) is 1. The molecule has 1 atom stereocenters. The van der Waals surface area contributed by atoms with Gasteiger partial charge in [-0.25, -0.2) is 4.39 Å². The van der Waals surface area contributed by atoms with Gasteiger partial charge in [0, 0.05) is 16.2 Å². The highest BCUT2D eigenvalue weighted by Crippen LogP contribution is 2.30. The fourth-order valence-electron chi connectivity index (χ4n) is 1.99. The zero-order valence-electron chi connectivity index (χ0n) is 11.4. The predicted molar refractivity (Wildman–Crippen MR) is 79.3 cm³/mol. The summed E-state index contributed by atoms with van der Waals surface area (Å²) in [4.78, 5) is 1.21. The molecule has 0 radical (unpaired) electrons. The lowest BCUT2D eigenvalue weighted by Crippen LogP contribution is -2.25. The van der Waals surface area contributed by atoms with Crippen molar-refractivity contribution in [2.45, 2.75) is 26.3 Å². The molecule has 19 heavy (non-hydrogen) atoms. The smallest absolute Gasteiger partial charge is 0.124 e. The molecule has 0 spiro atoms. The van der Waals surface area contributed by atoms with Gasteiger partial charge in [-0.15, -0.1) is 11.3 Å². The third-order valence-electron chi connectivity index (χ3n) is 2.97. The maximum Gasteiger partial charge on any atom is 0.124 e. The number of fused-ring (bicyclic) bond motifs is 1. The molecule has 0 saturated carbocycles. The molecule has 1 unspecified atom stereocenters. The average molecular weight is 281 g/mol. The molecule has 1 aromatic carbocycles. The number of hydrogen-bond acceptors (Lipinski definition) is 3. The molecule has 0 fully saturated rings. The number of halogens is 1. The first-order valence-electron chi connectivity index (χ1n) is 6.74. The number of thiophene rings is 1. The lowest BCUT2D eigenvalue weighted by Gasteiger charge is -2.16. The van der Waals surface area contributed by atoms with E-state index in [9.17, 15) is 4.39 Å². The topological polar surface area (TPSA) is 21.3 Å². The molecule has 1 aromatic heterocycles. The zero-order chi connectivity index (χ0) is 13.7. The third kappa shape index (κ3) is 3.75. The van der Waals surface area contributed by atoms with Crippen LogP contribution in [0.1, 0.15) is 31.2 Å². The van der Waals surface area contributed by atoms with Gasteiger partial charge in [0.2, 0.25) is 0 Å². The quantitative estimate of drug-likeness (QED) is 0.824. The van der Waals surface area contributed by atoms with E-state index in [1.807, 2.05) is 13.0 Å². The molecule has 4 heteroatoms. The summed E-state index contributed by atoms with van der Waals surface area (Å²) < 4.78 is 19.8. The maximum absolute atomic E-state index is 13.2. The van der Waals surface area contributed by atoms with E-state index in [2.05, 4.69) is 18.3 Å². The molecular weight excluding hydrogens is 261 g/mol. The van der Waals surface area contributed by atoms with E-state index in [1.165, 1.54) is 10.9 Å². The lowest BCUT2D eigenvalue weighted by molar-refractivity contribution is 0.124. The van der Waals surface area contributed by atoms with Crippen molar-refractivity contribution in [3.8, 4) is 0 Å². The van der Waals surface area contributed by atoms with Crippen LogP contribution in [0.5, 0.6) is 0 Å². The summed E-state index contributed by atoms with van der Waals surface area (Å²) in [6.45, 7) is 6.47. The van der Waals surface area contributed by atoms with Crippen molar-refractivity contribution < 1.29 is 9.13 Å². The summed E-state index contributed by atoms with van der Waals surface area (Å²) in [5.74, 6) is -0.177. The van der Waals surface area contributed by atoms with Crippen molar-refractivity contribution in [3.05, 3.63) is 35.0 Å². The fraction of sp³-hybridized carbons (Fsp3) is 0.467. The summed E-state index contributed by atoms with van der Waals surface area (Å²) in [6.07, 6.45) is 1.09. The Hall–Kier alpha value is -0.970. The Morgan fingerprint density at radius 1 is 1.32 bits per heavy atom. The standard InChI is InChI=1S/C15H20FNOS/c1-3-7-17-13(10-18-4-2)15-8-11-5-6-12(16)9-14(11)19-15/h5-6,8-9,13,17H,3-4,7,10H2,1-2H3. The van der Waals surface area contributed by atoms with Crippen LogP contribution in [0.15, 0.2) is 24.3 Å². The van der Waals surface area contributed by atoms with E-state index in [1.54, 1.807) is 17.4 Å². The van der Waals surface area contributed by atoms with Crippen molar-refractivity contribution in [2.75, 3.05) is 19.8 Å². The van der Waals surface area contributed by atoms with Gasteiger partial charge >= 0.3 is 0 Å². The van der Waals surface area contributed by atoms with Gasteiger partial charge in [-0.2, -0.15) is 0 Å². The van der Waals surface area contributed by atoms with Crippen LogP contribution in [-0.4, -0.2) is 19.8 Å². The van der Waals surface area contributed by atoms with Crippen LogP contribution in [0.2, 0.25) is 0 Å². The Balaban J connectivity index is 2.21. The zero-order valence-corrected chi connectivity index (χ0v) is 12.2. The van der Waals surface area contributed by atoms with E-state index >= 15 is 0 Å². The van der Waals surface area contributed by atoms with Crippen molar-refractivity contribution >= 4 is 21.4 Å². The van der Waals surface area contributed by atoms with Gasteiger partial charge in [-0.05, 0) is 43.5 Å². The largest absolute Gasteiger partial charge is 0.380 e. The lowest BCUT2D eigenvalue weighted by atomic mass is 10.2. The molecule has 0 saturated heterocycles. The second kappa shape index (κ2) is 6.98. The Kier molecular flexibility index (Phi) is 5.31. The Morgan fingerprint density at radius 2 is 2.16 bits per heavy atom. The van der Waals surface area contributed by atoms with Crippen molar-refractivity contribution in [1.82, 2.24) is 5.32 Å². The molecule has 1 heterocycles. The Labute approximate surface area is 117 Å². The summed E-state index contributed by atoms with van der Waals surface area (Å²) in [5.41, 5.74) is 0. The summed E-state index contributed by atoms with van der Waals surface area (Å²) in [6, 6.07) is 7.27.